The average Bonchev–Trinajstić information content (AvgIpc) is 2.90. The van der Waals surface area contributed by atoms with Gasteiger partial charge in [0.15, 0.2) is 0 Å². The number of benzene rings is 2. The van der Waals surface area contributed by atoms with E-state index < -0.39 is 0 Å². The van der Waals surface area contributed by atoms with Gasteiger partial charge in [0.2, 0.25) is 0 Å². The van der Waals surface area contributed by atoms with Crippen LogP contribution in [-0.4, -0.2) is 50.8 Å². The maximum absolute atomic E-state index is 6.04. The molecule has 2 aromatic carbocycles. The van der Waals surface area contributed by atoms with E-state index in [0.29, 0.717) is 20.1 Å². The Labute approximate surface area is 270 Å². The minimum atomic E-state index is 0.696. The summed E-state index contributed by atoms with van der Waals surface area (Å²) in [6.07, 6.45) is 9.99. The highest BCUT2D eigenvalue weighted by Crippen LogP contribution is 2.20. The smallest absolute Gasteiger partial charge is 0.0424 e. The van der Waals surface area contributed by atoms with Gasteiger partial charge in [-0.3, -0.25) is 0 Å². The molecule has 4 nitrogen and oxygen atoms in total. The van der Waals surface area contributed by atoms with Crippen LogP contribution in [0.1, 0.15) is 62.5 Å². The third-order valence-corrected chi connectivity index (χ3v) is 9.51. The van der Waals surface area contributed by atoms with Gasteiger partial charge in [-0.05, 0) is 99.4 Å². The van der Waals surface area contributed by atoms with Gasteiger partial charge >= 0.3 is 0 Å². The van der Waals surface area contributed by atoms with Crippen molar-refractivity contribution in [2.24, 2.45) is 0 Å². The molecule has 226 valence electrons. The quantitative estimate of drug-likeness (QED) is 0.0627. The van der Waals surface area contributed by atoms with Crippen LogP contribution in [0.25, 0.3) is 0 Å². The third-order valence-electron chi connectivity index (χ3n) is 6.22. The molecule has 0 bridgehead atoms. The van der Waals surface area contributed by atoms with Crippen molar-refractivity contribution >= 4 is 68.0 Å². The first-order valence-corrected chi connectivity index (χ1v) is 18.5. The van der Waals surface area contributed by atoms with Crippen molar-refractivity contribution in [3.8, 4) is 0 Å². The Hall–Kier alpha value is 0.140. The SMILES string of the molecule is Clc1cc(Cl)cc(CNCCCCCCNCCSSCCNCCCCCCNCc2cc(Cl)cc(Cl)c2)c1. The standard InChI is InChI=1S/C30H46Cl4N4S2/c31-27-17-25(18-28(32)21-27)23-37-11-7-3-1-5-9-35-13-15-39-40-16-14-36-10-6-2-4-8-12-38-24-26-19-29(33)22-30(34)20-26/h17-22,35-38H,1-16,23-24H2. The molecular weight excluding hydrogens is 622 g/mol. The Bertz CT molecular complexity index is 809. The average molecular weight is 669 g/mol. The topological polar surface area (TPSA) is 48.1 Å². The lowest BCUT2D eigenvalue weighted by atomic mass is 10.2. The van der Waals surface area contributed by atoms with Crippen molar-refractivity contribution in [1.82, 2.24) is 21.3 Å². The molecule has 0 aliphatic heterocycles. The summed E-state index contributed by atoms with van der Waals surface area (Å²) in [5.41, 5.74) is 2.27. The lowest BCUT2D eigenvalue weighted by Gasteiger charge is -2.07. The van der Waals surface area contributed by atoms with Gasteiger partial charge in [-0.1, -0.05) is 93.7 Å². The molecule has 0 heterocycles. The molecule has 0 atom stereocenters. The summed E-state index contributed by atoms with van der Waals surface area (Å²) in [5.74, 6) is 2.33. The van der Waals surface area contributed by atoms with E-state index in [1.54, 1.807) is 12.1 Å². The van der Waals surface area contributed by atoms with E-state index >= 15 is 0 Å². The van der Waals surface area contributed by atoms with E-state index in [1.807, 2.05) is 45.9 Å². The van der Waals surface area contributed by atoms with Crippen molar-refractivity contribution in [3.05, 3.63) is 67.6 Å². The van der Waals surface area contributed by atoms with Crippen LogP contribution in [0.4, 0.5) is 0 Å². The Kier molecular flexibility index (Phi) is 22.3. The molecule has 0 spiro atoms. The molecular formula is C30H46Cl4N4S2. The molecule has 0 aliphatic carbocycles. The van der Waals surface area contributed by atoms with Crippen LogP contribution in [0.5, 0.6) is 0 Å². The van der Waals surface area contributed by atoms with Gasteiger partial charge in [0, 0.05) is 57.8 Å². The van der Waals surface area contributed by atoms with Gasteiger partial charge < -0.3 is 21.3 Å². The molecule has 0 fully saturated rings. The zero-order valence-electron chi connectivity index (χ0n) is 23.5. The van der Waals surface area contributed by atoms with Crippen molar-refractivity contribution in [3.63, 3.8) is 0 Å². The zero-order chi connectivity index (χ0) is 28.7. The fourth-order valence-electron chi connectivity index (χ4n) is 4.19. The Morgan fingerprint density at radius 1 is 0.400 bits per heavy atom. The van der Waals surface area contributed by atoms with Crippen LogP contribution in [0, 0.1) is 0 Å². The van der Waals surface area contributed by atoms with Crippen molar-refractivity contribution in [2.75, 3.05) is 50.8 Å². The predicted octanol–water partition coefficient (Wildman–Crippen LogP) is 8.86. The van der Waals surface area contributed by atoms with Crippen LogP contribution in [0.2, 0.25) is 20.1 Å². The summed E-state index contributed by atoms with van der Waals surface area (Å²) in [4.78, 5) is 0. The molecule has 2 rings (SSSR count). The molecule has 0 radical (unpaired) electrons. The fraction of sp³-hybridized carbons (Fsp3) is 0.600. The lowest BCUT2D eigenvalue weighted by Crippen LogP contribution is -2.19. The van der Waals surface area contributed by atoms with E-state index in [1.165, 1.54) is 62.9 Å². The molecule has 0 aliphatic rings. The van der Waals surface area contributed by atoms with Gasteiger partial charge in [-0.2, -0.15) is 0 Å². The second kappa shape index (κ2) is 24.6. The Morgan fingerprint density at radius 2 is 0.725 bits per heavy atom. The maximum atomic E-state index is 6.04. The molecule has 0 saturated heterocycles. The van der Waals surface area contributed by atoms with Crippen LogP contribution in [-0.2, 0) is 13.1 Å². The van der Waals surface area contributed by atoms with Gasteiger partial charge in [-0.15, -0.1) is 0 Å². The molecule has 4 N–H and O–H groups in total. The number of halogens is 4. The minimum absolute atomic E-state index is 0.696. The largest absolute Gasteiger partial charge is 0.316 e. The van der Waals surface area contributed by atoms with Crippen LogP contribution < -0.4 is 21.3 Å². The molecule has 2 aromatic rings. The monoisotopic (exact) mass is 666 g/mol. The third kappa shape index (κ3) is 20.1. The van der Waals surface area contributed by atoms with E-state index in [2.05, 4.69) is 21.3 Å². The molecule has 0 saturated carbocycles. The summed E-state index contributed by atoms with van der Waals surface area (Å²) in [6.45, 7) is 8.11. The predicted molar refractivity (Wildman–Crippen MR) is 184 cm³/mol. The highest BCUT2D eigenvalue weighted by Gasteiger charge is 2.00. The Balaban J connectivity index is 1.22. The summed E-state index contributed by atoms with van der Waals surface area (Å²) in [5, 5.41) is 16.9. The van der Waals surface area contributed by atoms with Gasteiger partial charge in [0.1, 0.15) is 0 Å². The molecule has 0 amide bonds. The second-order valence-corrected chi connectivity index (χ2v) is 14.3. The highest BCUT2D eigenvalue weighted by atomic mass is 35.5. The van der Waals surface area contributed by atoms with Gasteiger partial charge in [-0.25, -0.2) is 0 Å². The summed E-state index contributed by atoms with van der Waals surface area (Å²) in [7, 11) is 3.96. The Morgan fingerprint density at radius 3 is 1.07 bits per heavy atom. The number of nitrogens with one attached hydrogen (secondary N) is 4. The van der Waals surface area contributed by atoms with Crippen molar-refractivity contribution in [2.45, 2.75) is 64.5 Å². The number of rotatable bonds is 25. The van der Waals surface area contributed by atoms with Gasteiger partial charge in [0.25, 0.3) is 0 Å². The summed E-state index contributed by atoms with van der Waals surface area (Å²) >= 11 is 24.2. The van der Waals surface area contributed by atoms with E-state index in [9.17, 15) is 0 Å². The van der Waals surface area contributed by atoms with Crippen LogP contribution in [0.15, 0.2) is 36.4 Å². The van der Waals surface area contributed by atoms with Crippen LogP contribution >= 0.6 is 68.0 Å². The molecule has 0 aromatic heterocycles. The van der Waals surface area contributed by atoms with E-state index in [0.717, 1.165) is 63.5 Å². The zero-order valence-corrected chi connectivity index (χ0v) is 28.2. The summed E-state index contributed by atoms with van der Waals surface area (Å²) < 4.78 is 0. The fourth-order valence-corrected chi connectivity index (χ4v) is 7.23. The number of hydrogen-bond donors (Lipinski definition) is 4. The summed E-state index contributed by atoms with van der Waals surface area (Å²) in [6, 6.07) is 11.4. The van der Waals surface area contributed by atoms with Crippen molar-refractivity contribution in [1.29, 1.82) is 0 Å². The first-order chi connectivity index (χ1) is 19.5. The normalized spacial score (nSPS) is 11.4. The van der Waals surface area contributed by atoms with Gasteiger partial charge in [0.05, 0.1) is 0 Å². The lowest BCUT2D eigenvalue weighted by molar-refractivity contribution is 0.569. The number of hydrogen-bond acceptors (Lipinski definition) is 6. The first-order valence-electron chi connectivity index (χ1n) is 14.5. The number of unbranched alkanes of at least 4 members (excludes halogenated alkanes) is 6. The molecule has 10 heteroatoms. The second-order valence-electron chi connectivity index (χ2n) is 9.88. The highest BCUT2D eigenvalue weighted by molar-refractivity contribution is 8.76. The van der Waals surface area contributed by atoms with Crippen LogP contribution in [0.3, 0.4) is 0 Å². The van der Waals surface area contributed by atoms with E-state index in [-0.39, 0.29) is 0 Å². The molecule has 40 heavy (non-hydrogen) atoms. The molecule has 0 unspecified atom stereocenters. The maximum Gasteiger partial charge on any atom is 0.0424 e. The minimum Gasteiger partial charge on any atom is -0.316 e. The first kappa shape index (κ1) is 36.3. The van der Waals surface area contributed by atoms with Crippen molar-refractivity contribution < 1.29 is 0 Å². The van der Waals surface area contributed by atoms with E-state index in [4.69, 9.17) is 46.4 Å².